The maximum Gasteiger partial charge on any atom is 0.103 e. The van der Waals surface area contributed by atoms with Gasteiger partial charge in [-0.1, -0.05) is 38.0 Å². The van der Waals surface area contributed by atoms with Crippen molar-refractivity contribution in [2.24, 2.45) is 5.92 Å². The van der Waals surface area contributed by atoms with Gasteiger partial charge in [0, 0.05) is 17.6 Å². The summed E-state index contributed by atoms with van der Waals surface area (Å²) in [7, 11) is 0. The molecule has 1 heterocycles. The summed E-state index contributed by atoms with van der Waals surface area (Å²) in [5.41, 5.74) is 2.53. The van der Waals surface area contributed by atoms with Crippen molar-refractivity contribution in [3.8, 4) is 6.07 Å². The Morgan fingerprint density at radius 3 is 2.90 bits per heavy atom. The molecule has 20 heavy (non-hydrogen) atoms. The summed E-state index contributed by atoms with van der Waals surface area (Å²) in [5.74, 6) is 0.881. The number of fused-ring (bicyclic) bond motifs is 1. The third-order valence-corrected chi connectivity index (χ3v) is 4.05. The maximum atomic E-state index is 9.33. The molecule has 1 fully saturated rings. The number of nitriles is 1. The van der Waals surface area contributed by atoms with Gasteiger partial charge in [0.05, 0.1) is 16.8 Å². The molecule has 0 radical (unpaired) electrons. The Morgan fingerprint density at radius 2 is 2.20 bits per heavy atom. The normalized spacial score (nSPS) is 15.8. The van der Waals surface area contributed by atoms with Gasteiger partial charge in [0.1, 0.15) is 6.07 Å². The van der Waals surface area contributed by atoms with E-state index in [-0.39, 0.29) is 0 Å². The molecule has 1 aromatic carbocycles. The van der Waals surface area contributed by atoms with Gasteiger partial charge in [-0.15, -0.1) is 0 Å². The van der Waals surface area contributed by atoms with Gasteiger partial charge in [0.25, 0.3) is 0 Å². The number of rotatable bonds is 5. The molecular weight excluding hydrogens is 246 g/mol. The Bertz CT molecular complexity index is 653. The summed E-state index contributed by atoms with van der Waals surface area (Å²) in [4.78, 5) is 4.36. The summed E-state index contributed by atoms with van der Waals surface area (Å²) >= 11 is 0. The molecule has 3 rings (SSSR count). The molecule has 1 aliphatic rings. The number of pyridine rings is 1. The van der Waals surface area contributed by atoms with E-state index in [1.807, 2.05) is 24.3 Å². The van der Waals surface area contributed by atoms with Crippen LogP contribution < -0.4 is 5.32 Å². The third kappa shape index (κ3) is 2.60. The molecule has 3 heteroatoms. The predicted molar refractivity (Wildman–Crippen MR) is 81.5 cm³/mol. The van der Waals surface area contributed by atoms with Crippen LogP contribution in [0, 0.1) is 17.2 Å². The number of nitrogens with one attached hydrogen (secondary N) is 1. The standard InChI is InChI=1S/C17H19N3/c1-2-14(9-12-7-8-12)20-17-13(10-18)11-19-16-6-4-3-5-15(16)17/h3-6,11-12,14H,2,7-9H2,1H3,(H,19,20). The van der Waals surface area contributed by atoms with Crippen LogP contribution in [0.2, 0.25) is 0 Å². The highest BCUT2D eigenvalue weighted by Gasteiger charge is 2.25. The number of hydrogen-bond acceptors (Lipinski definition) is 3. The molecule has 0 amide bonds. The minimum absolute atomic E-state index is 0.445. The maximum absolute atomic E-state index is 9.33. The molecule has 1 aliphatic carbocycles. The van der Waals surface area contributed by atoms with Crippen molar-refractivity contribution in [1.29, 1.82) is 5.26 Å². The fraction of sp³-hybridized carbons (Fsp3) is 0.412. The van der Waals surface area contributed by atoms with Gasteiger partial charge in [-0.25, -0.2) is 0 Å². The fourth-order valence-electron chi connectivity index (χ4n) is 2.67. The molecule has 1 unspecified atom stereocenters. The minimum Gasteiger partial charge on any atom is -0.381 e. The van der Waals surface area contributed by atoms with Gasteiger partial charge in [0.15, 0.2) is 0 Å². The van der Waals surface area contributed by atoms with E-state index in [2.05, 4.69) is 23.3 Å². The molecule has 0 bridgehead atoms. The lowest BCUT2D eigenvalue weighted by atomic mass is 10.0. The summed E-state index contributed by atoms with van der Waals surface area (Å²) < 4.78 is 0. The Balaban J connectivity index is 1.97. The molecule has 102 valence electrons. The zero-order chi connectivity index (χ0) is 13.9. The van der Waals surface area contributed by atoms with Gasteiger partial charge in [-0.2, -0.15) is 5.26 Å². The van der Waals surface area contributed by atoms with E-state index in [0.29, 0.717) is 11.6 Å². The van der Waals surface area contributed by atoms with Gasteiger partial charge in [-0.3, -0.25) is 4.98 Å². The zero-order valence-corrected chi connectivity index (χ0v) is 11.8. The smallest absolute Gasteiger partial charge is 0.103 e. The van der Waals surface area contributed by atoms with Crippen LogP contribution in [0.25, 0.3) is 10.9 Å². The quantitative estimate of drug-likeness (QED) is 0.885. The second-order valence-electron chi connectivity index (χ2n) is 5.60. The number of aromatic nitrogens is 1. The first kappa shape index (κ1) is 12.9. The zero-order valence-electron chi connectivity index (χ0n) is 11.8. The van der Waals surface area contributed by atoms with E-state index in [0.717, 1.165) is 28.9 Å². The number of hydrogen-bond donors (Lipinski definition) is 1. The van der Waals surface area contributed by atoms with Crippen molar-refractivity contribution in [2.75, 3.05) is 5.32 Å². The lowest BCUT2D eigenvalue weighted by Crippen LogP contribution is -2.20. The minimum atomic E-state index is 0.445. The predicted octanol–water partition coefficient (Wildman–Crippen LogP) is 4.10. The van der Waals surface area contributed by atoms with Crippen molar-refractivity contribution < 1.29 is 0 Å². The average molecular weight is 265 g/mol. The van der Waals surface area contributed by atoms with Crippen molar-refractivity contribution in [3.63, 3.8) is 0 Å². The van der Waals surface area contributed by atoms with E-state index in [9.17, 15) is 5.26 Å². The Morgan fingerprint density at radius 1 is 1.40 bits per heavy atom. The van der Waals surface area contributed by atoms with Crippen LogP contribution in [0.4, 0.5) is 5.69 Å². The first-order chi connectivity index (χ1) is 9.81. The Kier molecular flexibility index (Phi) is 3.56. The molecule has 2 aromatic rings. The van der Waals surface area contributed by atoms with E-state index in [4.69, 9.17) is 0 Å². The monoisotopic (exact) mass is 265 g/mol. The SMILES string of the molecule is CCC(CC1CC1)Nc1c(C#N)cnc2ccccc12. The Labute approximate surface area is 119 Å². The van der Waals surface area contributed by atoms with Crippen LogP contribution >= 0.6 is 0 Å². The van der Waals surface area contributed by atoms with Gasteiger partial charge < -0.3 is 5.32 Å². The largest absolute Gasteiger partial charge is 0.381 e. The van der Waals surface area contributed by atoms with E-state index in [1.165, 1.54) is 19.3 Å². The molecule has 0 aliphatic heterocycles. The first-order valence-electron chi connectivity index (χ1n) is 7.36. The lowest BCUT2D eigenvalue weighted by Gasteiger charge is -2.20. The van der Waals surface area contributed by atoms with Gasteiger partial charge >= 0.3 is 0 Å². The van der Waals surface area contributed by atoms with Crippen molar-refractivity contribution in [1.82, 2.24) is 4.98 Å². The molecule has 1 saturated carbocycles. The lowest BCUT2D eigenvalue weighted by molar-refractivity contribution is 0.587. The van der Waals surface area contributed by atoms with Crippen molar-refractivity contribution in [2.45, 2.75) is 38.6 Å². The topological polar surface area (TPSA) is 48.7 Å². The van der Waals surface area contributed by atoms with E-state index < -0.39 is 0 Å². The molecule has 0 spiro atoms. The number of para-hydroxylation sites is 1. The highest BCUT2D eigenvalue weighted by atomic mass is 14.9. The van der Waals surface area contributed by atoms with Crippen molar-refractivity contribution in [3.05, 3.63) is 36.0 Å². The second kappa shape index (κ2) is 5.50. The third-order valence-electron chi connectivity index (χ3n) is 4.05. The Hall–Kier alpha value is -2.08. The summed E-state index contributed by atoms with van der Waals surface area (Å²) in [6, 6.07) is 10.7. The summed E-state index contributed by atoms with van der Waals surface area (Å²) in [6.45, 7) is 2.20. The highest BCUT2D eigenvalue weighted by molar-refractivity contribution is 5.93. The molecule has 1 N–H and O–H groups in total. The fourth-order valence-corrected chi connectivity index (χ4v) is 2.67. The van der Waals surface area contributed by atoms with Crippen LogP contribution in [0.3, 0.4) is 0 Å². The first-order valence-corrected chi connectivity index (χ1v) is 7.36. The summed E-state index contributed by atoms with van der Waals surface area (Å²) in [5, 5.41) is 14.0. The average Bonchev–Trinajstić information content (AvgIpc) is 3.30. The van der Waals surface area contributed by atoms with Crippen LogP contribution in [0.1, 0.15) is 38.2 Å². The van der Waals surface area contributed by atoms with Crippen molar-refractivity contribution >= 4 is 16.6 Å². The number of nitrogens with zero attached hydrogens (tertiary/aromatic N) is 2. The van der Waals surface area contributed by atoms with Crippen LogP contribution in [0.15, 0.2) is 30.5 Å². The molecule has 1 aromatic heterocycles. The molecule has 0 saturated heterocycles. The van der Waals surface area contributed by atoms with Gasteiger partial charge in [0.2, 0.25) is 0 Å². The second-order valence-corrected chi connectivity index (χ2v) is 5.60. The van der Waals surface area contributed by atoms with E-state index >= 15 is 0 Å². The van der Waals surface area contributed by atoms with E-state index in [1.54, 1.807) is 6.20 Å². The highest BCUT2D eigenvalue weighted by Crippen LogP contribution is 2.35. The van der Waals surface area contributed by atoms with Gasteiger partial charge in [-0.05, 0) is 24.8 Å². The number of anilines is 1. The molecule has 1 atom stereocenters. The summed E-state index contributed by atoms with van der Waals surface area (Å²) in [6.07, 6.45) is 6.69. The van der Waals surface area contributed by atoms with Crippen LogP contribution in [-0.2, 0) is 0 Å². The van der Waals surface area contributed by atoms with Crippen LogP contribution in [-0.4, -0.2) is 11.0 Å². The number of benzene rings is 1. The molecular formula is C17H19N3. The molecule has 3 nitrogen and oxygen atoms in total. The van der Waals surface area contributed by atoms with Crippen LogP contribution in [0.5, 0.6) is 0 Å².